The van der Waals surface area contributed by atoms with Crippen LogP contribution in [-0.2, 0) is 0 Å². The summed E-state index contributed by atoms with van der Waals surface area (Å²) in [7, 11) is 1.37. The number of benzene rings is 2. The Labute approximate surface area is 121 Å². The van der Waals surface area contributed by atoms with E-state index in [9.17, 15) is 9.18 Å². The summed E-state index contributed by atoms with van der Waals surface area (Å²) in [5.41, 5.74) is 1.12. The third-order valence-corrected chi connectivity index (χ3v) is 3.32. The fourth-order valence-corrected chi connectivity index (χ4v) is 2.29. The maximum Gasteiger partial charge on any atom is 0.196 e. The molecule has 0 aliphatic carbocycles. The number of aromatic nitrogens is 1. The quantitative estimate of drug-likeness (QED) is 0.688. The van der Waals surface area contributed by atoms with Gasteiger partial charge in [-0.1, -0.05) is 24.3 Å². The molecule has 0 saturated carbocycles. The lowest BCUT2D eigenvalue weighted by atomic mass is 9.98. The lowest BCUT2D eigenvalue weighted by molar-refractivity contribution is 0.103. The Kier molecular flexibility index (Phi) is 3.36. The van der Waals surface area contributed by atoms with E-state index < -0.39 is 5.82 Å². The van der Waals surface area contributed by atoms with E-state index in [1.165, 1.54) is 19.2 Å². The molecule has 0 radical (unpaired) electrons. The first-order valence-electron chi connectivity index (χ1n) is 6.43. The van der Waals surface area contributed by atoms with Crippen molar-refractivity contribution in [2.75, 3.05) is 7.11 Å². The zero-order valence-electron chi connectivity index (χ0n) is 11.3. The Hall–Kier alpha value is -2.75. The number of hydrogen-bond acceptors (Lipinski definition) is 3. The molecule has 0 aliphatic rings. The first kappa shape index (κ1) is 13.2. The Morgan fingerprint density at radius 3 is 2.62 bits per heavy atom. The lowest BCUT2D eigenvalue weighted by Crippen LogP contribution is -2.06. The number of rotatable bonds is 3. The molecule has 104 valence electrons. The van der Waals surface area contributed by atoms with Crippen LogP contribution in [0.25, 0.3) is 10.9 Å². The van der Waals surface area contributed by atoms with Crippen LogP contribution in [0.5, 0.6) is 5.75 Å². The van der Waals surface area contributed by atoms with Gasteiger partial charge in [0.1, 0.15) is 0 Å². The standard InChI is InChI=1S/C17H12FNO2/c1-21-15-9-3-6-13(16(15)18)17(20)12-5-2-8-14-11(12)7-4-10-19-14/h2-10H,1H3. The molecule has 0 saturated heterocycles. The molecule has 0 aliphatic heterocycles. The molecule has 3 aromatic rings. The maximum atomic E-state index is 14.2. The normalized spacial score (nSPS) is 10.6. The molecular formula is C17H12FNO2. The molecule has 3 rings (SSSR count). The van der Waals surface area contributed by atoms with Gasteiger partial charge >= 0.3 is 0 Å². The van der Waals surface area contributed by atoms with E-state index in [0.29, 0.717) is 16.5 Å². The molecule has 2 aromatic carbocycles. The largest absolute Gasteiger partial charge is 0.494 e. The van der Waals surface area contributed by atoms with E-state index in [0.717, 1.165) is 0 Å². The van der Waals surface area contributed by atoms with Crippen molar-refractivity contribution in [2.45, 2.75) is 0 Å². The zero-order valence-corrected chi connectivity index (χ0v) is 11.3. The molecule has 0 N–H and O–H groups in total. The summed E-state index contributed by atoms with van der Waals surface area (Å²) < 4.78 is 19.2. The first-order chi connectivity index (χ1) is 10.2. The fraction of sp³-hybridized carbons (Fsp3) is 0.0588. The van der Waals surface area contributed by atoms with Crippen molar-refractivity contribution in [3.05, 3.63) is 71.7 Å². The smallest absolute Gasteiger partial charge is 0.196 e. The van der Waals surface area contributed by atoms with Crippen LogP contribution in [0.3, 0.4) is 0 Å². The minimum absolute atomic E-state index is 0.00861. The summed E-state index contributed by atoms with van der Waals surface area (Å²) in [6.07, 6.45) is 1.66. The average Bonchev–Trinajstić information content (AvgIpc) is 2.54. The number of fused-ring (bicyclic) bond motifs is 1. The highest BCUT2D eigenvalue weighted by atomic mass is 19.1. The highest BCUT2D eigenvalue weighted by molar-refractivity contribution is 6.16. The van der Waals surface area contributed by atoms with E-state index in [2.05, 4.69) is 4.98 Å². The van der Waals surface area contributed by atoms with Gasteiger partial charge in [-0.3, -0.25) is 9.78 Å². The average molecular weight is 281 g/mol. The van der Waals surface area contributed by atoms with Crippen LogP contribution in [-0.4, -0.2) is 17.9 Å². The highest BCUT2D eigenvalue weighted by Crippen LogP contribution is 2.25. The minimum Gasteiger partial charge on any atom is -0.494 e. The van der Waals surface area contributed by atoms with Gasteiger partial charge in [-0.2, -0.15) is 0 Å². The van der Waals surface area contributed by atoms with Crippen LogP contribution < -0.4 is 4.74 Å². The van der Waals surface area contributed by atoms with E-state index in [-0.39, 0.29) is 17.1 Å². The number of ether oxygens (including phenoxy) is 1. The third-order valence-electron chi connectivity index (χ3n) is 3.32. The van der Waals surface area contributed by atoms with Crippen molar-refractivity contribution in [2.24, 2.45) is 0 Å². The van der Waals surface area contributed by atoms with E-state index in [1.54, 1.807) is 36.5 Å². The Balaban J connectivity index is 2.18. The Morgan fingerprint density at radius 1 is 1.05 bits per heavy atom. The molecule has 0 atom stereocenters. The van der Waals surface area contributed by atoms with Gasteiger partial charge in [-0.15, -0.1) is 0 Å². The van der Waals surface area contributed by atoms with Crippen LogP contribution in [0.15, 0.2) is 54.7 Å². The Morgan fingerprint density at radius 2 is 1.81 bits per heavy atom. The van der Waals surface area contributed by atoms with Gasteiger partial charge < -0.3 is 4.74 Å². The molecule has 0 unspecified atom stereocenters. The molecule has 0 fully saturated rings. The monoisotopic (exact) mass is 281 g/mol. The fourth-order valence-electron chi connectivity index (χ4n) is 2.29. The number of carbonyl (C=O) groups is 1. The second-order valence-corrected chi connectivity index (χ2v) is 4.53. The summed E-state index contributed by atoms with van der Waals surface area (Å²) in [4.78, 5) is 16.8. The molecule has 3 nitrogen and oxygen atoms in total. The van der Waals surface area contributed by atoms with Gasteiger partial charge in [0.25, 0.3) is 0 Å². The van der Waals surface area contributed by atoms with Gasteiger partial charge in [0.2, 0.25) is 0 Å². The topological polar surface area (TPSA) is 39.2 Å². The number of nitrogens with zero attached hydrogens (tertiary/aromatic N) is 1. The molecule has 0 spiro atoms. The SMILES string of the molecule is COc1cccc(C(=O)c2cccc3ncccc23)c1F. The molecular weight excluding hydrogens is 269 g/mol. The third kappa shape index (κ3) is 2.25. The van der Waals surface area contributed by atoms with Crippen LogP contribution in [0.2, 0.25) is 0 Å². The number of hydrogen-bond donors (Lipinski definition) is 0. The van der Waals surface area contributed by atoms with Crippen molar-refractivity contribution in [3.63, 3.8) is 0 Å². The molecule has 0 bridgehead atoms. The summed E-state index contributed by atoms with van der Waals surface area (Å²) in [6, 6.07) is 13.3. The molecule has 21 heavy (non-hydrogen) atoms. The van der Waals surface area contributed by atoms with Gasteiger partial charge in [-0.25, -0.2) is 4.39 Å². The second-order valence-electron chi connectivity index (χ2n) is 4.53. The zero-order chi connectivity index (χ0) is 14.8. The summed E-state index contributed by atoms with van der Waals surface area (Å²) in [5.74, 6) is -0.977. The molecule has 1 heterocycles. The highest BCUT2D eigenvalue weighted by Gasteiger charge is 2.18. The number of ketones is 1. The van der Waals surface area contributed by atoms with Crippen LogP contribution >= 0.6 is 0 Å². The van der Waals surface area contributed by atoms with Gasteiger partial charge in [0.05, 0.1) is 18.2 Å². The maximum absolute atomic E-state index is 14.2. The van der Waals surface area contributed by atoms with Crippen LogP contribution in [0.4, 0.5) is 4.39 Å². The first-order valence-corrected chi connectivity index (χ1v) is 6.43. The van der Waals surface area contributed by atoms with E-state index in [1.807, 2.05) is 6.07 Å². The Bertz CT molecular complexity index is 825. The number of halogens is 1. The van der Waals surface area contributed by atoms with Crippen molar-refractivity contribution >= 4 is 16.7 Å². The molecule has 0 amide bonds. The van der Waals surface area contributed by atoms with Crippen molar-refractivity contribution in [1.29, 1.82) is 0 Å². The lowest BCUT2D eigenvalue weighted by Gasteiger charge is -2.08. The van der Waals surface area contributed by atoms with E-state index in [4.69, 9.17) is 4.74 Å². The van der Waals surface area contributed by atoms with Gasteiger partial charge in [-0.05, 0) is 24.3 Å². The van der Waals surface area contributed by atoms with Crippen LogP contribution in [0.1, 0.15) is 15.9 Å². The van der Waals surface area contributed by atoms with Gasteiger partial charge in [0.15, 0.2) is 17.3 Å². The van der Waals surface area contributed by atoms with Crippen molar-refractivity contribution < 1.29 is 13.9 Å². The van der Waals surface area contributed by atoms with Crippen molar-refractivity contribution in [1.82, 2.24) is 4.98 Å². The van der Waals surface area contributed by atoms with E-state index >= 15 is 0 Å². The predicted octanol–water partition coefficient (Wildman–Crippen LogP) is 3.61. The summed E-state index contributed by atoms with van der Waals surface area (Å²) in [6.45, 7) is 0. The molecule has 4 heteroatoms. The molecule has 1 aromatic heterocycles. The summed E-state index contributed by atoms with van der Waals surface area (Å²) >= 11 is 0. The van der Waals surface area contributed by atoms with Gasteiger partial charge in [0, 0.05) is 17.1 Å². The minimum atomic E-state index is -0.647. The number of methoxy groups -OCH3 is 1. The van der Waals surface area contributed by atoms with Crippen molar-refractivity contribution in [3.8, 4) is 5.75 Å². The second kappa shape index (κ2) is 5.32. The number of pyridine rings is 1. The van der Waals surface area contributed by atoms with Crippen LogP contribution in [0, 0.1) is 5.82 Å². The number of carbonyl (C=O) groups excluding carboxylic acids is 1. The predicted molar refractivity (Wildman–Crippen MR) is 78.1 cm³/mol. The summed E-state index contributed by atoms with van der Waals surface area (Å²) in [5, 5.41) is 0.701.